The Kier molecular flexibility index (Phi) is 3.83. The predicted molar refractivity (Wildman–Crippen MR) is 59.5 cm³/mol. The fraction of sp³-hybridized carbons (Fsp3) is 0.273. The van der Waals surface area contributed by atoms with Crippen LogP contribution < -0.4 is 0 Å². The predicted octanol–water partition coefficient (Wildman–Crippen LogP) is 4.33. The first-order valence-corrected chi connectivity index (χ1v) is 4.93. The SMILES string of the molecule is C=C(Cl)CCc1ccc(Cl)c(C)c1. The van der Waals surface area contributed by atoms with Crippen molar-refractivity contribution in [2.24, 2.45) is 0 Å². The average molecular weight is 215 g/mol. The van der Waals surface area contributed by atoms with E-state index in [0.717, 1.165) is 23.4 Å². The molecule has 0 bridgehead atoms. The van der Waals surface area contributed by atoms with Crippen molar-refractivity contribution in [1.29, 1.82) is 0 Å². The standard InChI is InChI=1S/C11H12Cl2/c1-8-7-10(4-3-9(2)12)5-6-11(8)13/h5-7H,2-4H2,1H3. The van der Waals surface area contributed by atoms with Crippen molar-refractivity contribution in [2.75, 3.05) is 0 Å². The van der Waals surface area contributed by atoms with Gasteiger partial charge in [-0.15, -0.1) is 0 Å². The highest BCUT2D eigenvalue weighted by atomic mass is 35.5. The number of aryl methyl sites for hydroxylation is 2. The van der Waals surface area contributed by atoms with E-state index in [0.29, 0.717) is 5.03 Å². The van der Waals surface area contributed by atoms with Crippen LogP contribution in [0.15, 0.2) is 29.8 Å². The number of halogens is 2. The van der Waals surface area contributed by atoms with Gasteiger partial charge < -0.3 is 0 Å². The van der Waals surface area contributed by atoms with Crippen LogP contribution in [-0.4, -0.2) is 0 Å². The van der Waals surface area contributed by atoms with E-state index in [9.17, 15) is 0 Å². The molecule has 13 heavy (non-hydrogen) atoms. The maximum absolute atomic E-state index is 5.90. The van der Waals surface area contributed by atoms with Gasteiger partial charge in [0, 0.05) is 10.1 Å². The molecule has 2 heteroatoms. The van der Waals surface area contributed by atoms with E-state index in [1.165, 1.54) is 5.56 Å². The van der Waals surface area contributed by atoms with Crippen LogP contribution in [0, 0.1) is 6.92 Å². The minimum Gasteiger partial charge on any atom is -0.0898 e. The summed E-state index contributed by atoms with van der Waals surface area (Å²) in [6.07, 6.45) is 1.75. The van der Waals surface area contributed by atoms with Gasteiger partial charge in [-0.2, -0.15) is 0 Å². The molecule has 0 aliphatic carbocycles. The van der Waals surface area contributed by atoms with E-state index in [1.54, 1.807) is 0 Å². The number of rotatable bonds is 3. The first kappa shape index (κ1) is 10.6. The third kappa shape index (κ3) is 3.41. The summed E-state index contributed by atoms with van der Waals surface area (Å²) < 4.78 is 0. The number of hydrogen-bond donors (Lipinski definition) is 0. The van der Waals surface area contributed by atoms with Crippen LogP contribution in [0.4, 0.5) is 0 Å². The van der Waals surface area contributed by atoms with E-state index in [4.69, 9.17) is 23.2 Å². The molecule has 1 aromatic rings. The lowest BCUT2D eigenvalue weighted by Gasteiger charge is -2.03. The molecule has 0 nitrogen and oxygen atoms in total. The summed E-state index contributed by atoms with van der Waals surface area (Å²) in [7, 11) is 0. The Balaban J connectivity index is 2.68. The lowest BCUT2D eigenvalue weighted by molar-refractivity contribution is 0.987. The fourth-order valence-corrected chi connectivity index (χ4v) is 1.35. The van der Waals surface area contributed by atoms with Crippen LogP contribution in [0.3, 0.4) is 0 Å². The molecule has 0 fully saturated rings. The van der Waals surface area contributed by atoms with Crippen molar-refractivity contribution >= 4 is 23.2 Å². The summed E-state index contributed by atoms with van der Waals surface area (Å²) >= 11 is 11.6. The van der Waals surface area contributed by atoms with Gasteiger partial charge in [-0.3, -0.25) is 0 Å². The largest absolute Gasteiger partial charge is 0.0898 e. The molecule has 0 aliphatic heterocycles. The maximum atomic E-state index is 5.90. The molecule has 0 aromatic heterocycles. The third-order valence-corrected chi connectivity index (χ3v) is 2.52. The quantitative estimate of drug-likeness (QED) is 0.703. The van der Waals surface area contributed by atoms with Crippen molar-refractivity contribution in [3.05, 3.63) is 46.0 Å². The topological polar surface area (TPSA) is 0 Å². The van der Waals surface area contributed by atoms with Gasteiger partial charge in [-0.25, -0.2) is 0 Å². The molecular formula is C11H12Cl2. The van der Waals surface area contributed by atoms with Crippen LogP contribution in [0.25, 0.3) is 0 Å². The second kappa shape index (κ2) is 4.69. The minimum atomic E-state index is 0.701. The van der Waals surface area contributed by atoms with Crippen LogP contribution in [0.1, 0.15) is 17.5 Å². The molecule has 0 saturated heterocycles. The zero-order chi connectivity index (χ0) is 9.84. The van der Waals surface area contributed by atoms with Crippen LogP contribution in [-0.2, 0) is 6.42 Å². The van der Waals surface area contributed by atoms with Gasteiger partial charge in [0.25, 0.3) is 0 Å². The lowest BCUT2D eigenvalue weighted by Crippen LogP contribution is -1.86. The second-order valence-electron chi connectivity index (χ2n) is 3.10. The monoisotopic (exact) mass is 214 g/mol. The lowest BCUT2D eigenvalue weighted by atomic mass is 10.1. The zero-order valence-electron chi connectivity index (χ0n) is 7.61. The Morgan fingerprint density at radius 1 is 1.46 bits per heavy atom. The Bertz CT molecular complexity index is 316. The average Bonchev–Trinajstić information content (AvgIpc) is 2.07. The van der Waals surface area contributed by atoms with Crippen molar-refractivity contribution in [3.63, 3.8) is 0 Å². The molecular weight excluding hydrogens is 203 g/mol. The van der Waals surface area contributed by atoms with E-state index in [2.05, 4.69) is 12.6 Å². The molecule has 0 spiro atoms. The summed E-state index contributed by atoms with van der Waals surface area (Å²) in [5, 5.41) is 1.51. The first-order chi connectivity index (χ1) is 6.09. The van der Waals surface area contributed by atoms with Crippen LogP contribution >= 0.6 is 23.2 Å². The molecule has 1 aromatic carbocycles. The molecule has 0 N–H and O–H groups in total. The Labute approximate surface area is 89.2 Å². The minimum absolute atomic E-state index is 0.701. The molecule has 0 aliphatic rings. The summed E-state index contributed by atoms with van der Waals surface area (Å²) in [5.74, 6) is 0. The summed E-state index contributed by atoms with van der Waals surface area (Å²) in [6.45, 7) is 5.65. The summed E-state index contributed by atoms with van der Waals surface area (Å²) in [5.41, 5.74) is 2.36. The Hall–Kier alpha value is -0.460. The summed E-state index contributed by atoms with van der Waals surface area (Å²) in [4.78, 5) is 0. The van der Waals surface area contributed by atoms with E-state index >= 15 is 0 Å². The summed E-state index contributed by atoms with van der Waals surface area (Å²) in [6, 6.07) is 6.03. The Morgan fingerprint density at radius 3 is 2.69 bits per heavy atom. The van der Waals surface area contributed by atoms with E-state index in [1.807, 2.05) is 19.1 Å². The van der Waals surface area contributed by atoms with E-state index < -0.39 is 0 Å². The zero-order valence-corrected chi connectivity index (χ0v) is 9.12. The van der Waals surface area contributed by atoms with Gasteiger partial charge in [-0.1, -0.05) is 41.9 Å². The van der Waals surface area contributed by atoms with Gasteiger partial charge in [0.15, 0.2) is 0 Å². The molecule has 0 atom stereocenters. The van der Waals surface area contributed by atoms with Gasteiger partial charge in [-0.05, 0) is 37.0 Å². The van der Waals surface area contributed by atoms with Gasteiger partial charge in [0.05, 0.1) is 0 Å². The fourth-order valence-electron chi connectivity index (χ4n) is 1.14. The molecule has 70 valence electrons. The maximum Gasteiger partial charge on any atom is 0.0435 e. The van der Waals surface area contributed by atoms with Gasteiger partial charge in [0.2, 0.25) is 0 Å². The molecule has 0 unspecified atom stereocenters. The normalized spacial score (nSPS) is 10.1. The second-order valence-corrected chi connectivity index (χ2v) is 4.04. The highest BCUT2D eigenvalue weighted by molar-refractivity contribution is 6.31. The van der Waals surface area contributed by atoms with Gasteiger partial charge >= 0.3 is 0 Å². The number of allylic oxidation sites excluding steroid dienone is 1. The molecule has 0 amide bonds. The highest BCUT2D eigenvalue weighted by Crippen LogP contribution is 2.18. The van der Waals surface area contributed by atoms with Gasteiger partial charge in [0.1, 0.15) is 0 Å². The van der Waals surface area contributed by atoms with Crippen LogP contribution in [0.5, 0.6) is 0 Å². The number of hydrogen-bond acceptors (Lipinski definition) is 0. The molecule has 0 heterocycles. The molecule has 1 rings (SSSR count). The molecule has 0 radical (unpaired) electrons. The third-order valence-electron chi connectivity index (χ3n) is 1.91. The first-order valence-electron chi connectivity index (χ1n) is 4.18. The van der Waals surface area contributed by atoms with Crippen molar-refractivity contribution in [3.8, 4) is 0 Å². The smallest absolute Gasteiger partial charge is 0.0435 e. The molecule has 0 saturated carbocycles. The Morgan fingerprint density at radius 2 is 2.15 bits per heavy atom. The van der Waals surface area contributed by atoms with Crippen LogP contribution in [0.2, 0.25) is 5.02 Å². The van der Waals surface area contributed by atoms with Crippen molar-refractivity contribution < 1.29 is 0 Å². The van der Waals surface area contributed by atoms with E-state index in [-0.39, 0.29) is 0 Å². The highest BCUT2D eigenvalue weighted by Gasteiger charge is 1.98. The number of benzene rings is 1. The van der Waals surface area contributed by atoms with Crippen molar-refractivity contribution in [1.82, 2.24) is 0 Å². The van der Waals surface area contributed by atoms with Crippen molar-refractivity contribution in [2.45, 2.75) is 19.8 Å².